The van der Waals surface area contributed by atoms with Crippen LogP contribution in [0.4, 0.5) is 0 Å². The smallest absolute Gasteiger partial charge is 0.0458 e. The van der Waals surface area contributed by atoms with Crippen LogP contribution in [0.15, 0.2) is 48.5 Å². The number of rotatable bonds is 2. The van der Waals surface area contributed by atoms with Crippen LogP contribution < -0.4 is 0 Å². The lowest BCUT2D eigenvalue weighted by molar-refractivity contribution is 0.836. The molecule has 0 radical (unpaired) electrons. The Hall–Kier alpha value is -2.48. The van der Waals surface area contributed by atoms with Crippen LogP contribution in [0, 0.1) is 13.8 Å². The van der Waals surface area contributed by atoms with E-state index in [0.29, 0.717) is 11.8 Å². The molecule has 2 aromatic heterocycles. The van der Waals surface area contributed by atoms with E-state index < -0.39 is 0 Å². The number of aromatic amines is 2. The van der Waals surface area contributed by atoms with Crippen LogP contribution in [0.1, 0.15) is 62.0 Å². The first-order valence-corrected chi connectivity index (χ1v) is 9.52. The van der Waals surface area contributed by atoms with Crippen molar-refractivity contribution in [1.29, 1.82) is 0 Å². The molecule has 0 saturated heterocycles. The third-order valence-electron chi connectivity index (χ3n) is 4.84. The molecule has 26 heavy (non-hydrogen) atoms. The molecular formula is C24H30N2. The Morgan fingerprint density at radius 3 is 1.77 bits per heavy atom. The van der Waals surface area contributed by atoms with Crippen LogP contribution in [-0.2, 0) is 0 Å². The third kappa shape index (κ3) is 4.01. The van der Waals surface area contributed by atoms with Crippen molar-refractivity contribution in [2.75, 3.05) is 0 Å². The van der Waals surface area contributed by atoms with Crippen molar-refractivity contribution >= 4 is 21.8 Å². The first kappa shape index (κ1) is 18.3. The van der Waals surface area contributed by atoms with E-state index in [1.54, 1.807) is 0 Å². The normalized spacial score (nSPS) is 11.4. The molecule has 2 nitrogen and oxygen atoms in total. The third-order valence-corrected chi connectivity index (χ3v) is 4.84. The van der Waals surface area contributed by atoms with Gasteiger partial charge in [0.1, 0.15) is 0 Å². The zero-order valence-electron chi connectivity index (χ0n) is 16.8. The Kier molecular flexibility index (Phi) is 5.22. The first-order chi connectivity index (χ1) is 12.3. The van der Waals surface area contributed by atoms with E-state index >= 15 is 0 Å². The molecule has 0 aliphatic rings. The van der Waals surface area contributed by atoms with Gasteiger partial charge in [0.15, 0.2) is 0 Å². The van der Waals surface area contributed by atoms with E-state index in [2.05, 4.69) is 100 Å². The van der Waals surface area contributed by atoms with Gasteiger partial charge in [0, 0.05) is 22.4 Å². The second-order valence-corrected chi connectivity index (χ2v) is 7.94. The fourth-order valence-corrected chi connectivity index (χ4v) is 3.16. The van der Waals surface area contributed by atoms with Crippen LogP contribution in [0.5, 0.6) is 0 Å². The highest BCUT2D eigenvalue weighted by atomic mass is 14.7. The Bertz CT molecular complexity index is 931. The van der Waals surface area contributed by atoms with Gasteiger partial charge < -0.3 is 9.97 Å². The standard InChI is InChI=1S/2C12H15N/c1-8(2)12-7-10-6-9(3)4-5-11(10)13-12;1-8(2)11-7-10-5-4-9(3)6-12(10)13-11/h2*4-8,13H,1-3H3. The predicted molar refractivity (Wildman–Crippen MR) is 114 cm³/mol. The van der Waals surface area contributed by atoms with E-state index in [9.17, 15) is 0 Å². The quantitative estimate of drug-likeness (QED) is 0.384. The van der Waals surface area contributed by atoms with Crippen molar-refractivity contribution in [2.45, 2.75) is 53.4 Å². The van der Waals surface area contributed by atoms with Gasteiger partial charge in [-0.3, -0.25) is 0 Å². The molecular weight excluding hydrogens is 316 g/mol. The molecule has 0 spiro atoms. The number of benzene rings is 2. The average Bonchev–Trinajstić information content (AvgIpc) is 3.18. The Labute approximate surface area is 156 Å². The summed E-state index contributed by atoms with van der Waals surface area (Å²) in [6.07, 6.45) is 0. The van der Waals surface area contributed by atoms with E-state index in [1.807, 2.05) is 0 Å². The van der Waals surface area contributed by atoms with Crippen molar-refractivity contribution < 1.29 is 0 Å². The number of H-pyrrole nitrogens is 2. The van der Waals surface area contributed by atoms with Gasteiger partial charge in [0.25, 0.3) is 0 Å². The predicted octanol–water partition coefficient (Wildman–Crippen LogP) is 7.20. The molecule has 0 amide bonds. The highest BCUT2D eigenvalue weighted by molar-refractivity contribution is 5.81. The lowest BCUT2D eigenvalue weighted by Crippen LogP contribution is -1.84. The Morgan fingerprint density at radius 2 is 1.12 bits per heavy atom. The molecule has 0 bridgehead atoms. The largest absolute Gasteiger partial charge is 0.358 e. The van der Waals surface area contributed by atoms with Gasteiger partial charge in [0.2, 0.25) is 0 Å². The maximum absolute atomic E-state index is 3.44. The topological polar surface area (TPSA) is 31.6 Å². The molecule has 2 aromatic carbocycles. The Morgan fingerprint density at radius 1 is 0.577 bits per heavy atom. The zero-order chi connectivity index (χ0) is 18.8. The summed E-state index contributed by atoms with van der Waals surface area (Å²) < 4.78 is 0. The van der Waals surface area contributed by atoms with Crippen molar-refractivity contribution in [2.24, 2.45) is 0 Å². The summed E-state index contributed by atoms with van der Waals surface area (Å²) in [5.41, 5.74) is 7.77. The van der Waals surface area contributed by atoms with Crippen LogP contribution in [0.3, 0.4) is 0 Å². The molecule has 0 aliphatic heterocycles. The van der Waals surface area contributed by atoms with Crippen LogP contribution in [0.2, 0.25) is 0 Å². The second-order valence-electron chi connectivity index (χ2n) is 7.94. The van der Waals surface area contributed by atoms with Gasteiger partial charge in [-0.1, -0.05) is 51.5 Å². The van der Waals surface area contributed by atoms with E-state index in [1.165, 1.54) is 44.3 Å². The van der Waals surface area contributed by atoms with Gasteiger partial charge in [-0.15, -0.1) is 0 Å². The molecule has 0 unspecified atom stereocenters. The second kappa shape index (κ2) is 7.41. The van der Waals surface area contributed by atoms with Crippen molar-refractivity contribution in [3.05, 3.63) is 71.0 Å². The summed E-state index contributed by atoms with van der Waals surface area (Å²) in [5, 5.41) is 2.64. The summed E-state index contributed by atoms with van der Waals surface area (Å²) in [6, 6.07) is 17.5. The van der Waals surface area contributed by atoms with Crippen LogP contribution >= 0.6 is 0 Å². The van der Waals surface area contributed by atoms with Gasteiger partial charge in [-0.25, -0.2) is 0 Å². The van der Waals surface area contributed by atoms with E-state index in [0.717, 1.165) is 0 Å². The minimum Gasteiger partial charge on any atom is -0.358 e. The van der Waals surface area contributed by atoms with Gasteiger partial charge in [-0.05, 0) is 72.4 Å². The average molecular weight is 347 g/mol. The molecule has 136 valence electrons. The molecule has 0 fully saturated rings. The minimum absolute atomic E-state index is 0.577. The first-order valence-electron chi connectivity index (χ1n) is 9.52. The monoisotopic (exact) mass is 346 g/mol. The van der Waals surface area contributed by atoms with Crippen molar-refractivity contribution in [1.82, 2.24) is 9.97 Å². The summed E-state index contributed by atoms with van der Waals surface area (Å²) in [6.45, 7) is 13.1. The molecule has 0 atom stereocenters. The number of hydrogen-bond donors (Lipinski definition) is 2. The SMILES string of the molecule is Cc1ccc2[nH]c(C(C)C)cc2c1.Cc1ccc2cc(C(C)C)[nH]c2c1. The molecule has 2 heterocycles. The highest BCUT2D eigenvalue weighted by Gasteiger charge is 2.04. The molecule has 0 saturated carbocycles. The van der Waals surface area contributed by atoms with Gasteiger partial charge in [0.05, 0.1) is 0 Å². The van der Waals surface area contributed by atoms with Crippen LogP contribution in [0.25, 0.3) is 21.8 Å². The lowest BCUT2D eigenvalue weighted by atomic mass is 10.1. The number of nitrogens with one attached hydrogen (secondary N) is 2. The minimum atomic E-state index is 0.577. The number of hydrogen-bond acceptors (Lipinski definition) is 0. The van der Waals surface area contributed by atoms with Crippen molar-refractivity contribution in [3.63, 3.8) is 0 Å². The van der Waals surface area contributed by atoms with Crippen LogP contribution in [-0.4, -0.2) is 9.97 Å². The summed E-state index contributed by atoms with van der Waals surface area (Å²) in [7, 11) is 0. The highest BCUT2D eigenvalue weighted by Crippen LogP contribution is 2.22. The summed E-state index contributed by atoms with van der Waals surface area (Å²) in [4.78, 5) is 6.86. The number of fused-ring (bicyclic) bond motifs is 2. The lowest BCUT2D eigenvalue weighted by Gasteiger charge is -1.97. The van der Waals surface area contributed by atoms with E-state index in [-0.39, 0.29) is 0 Å². The van der Waals surface area contributed by atoms with Gasteiger partial charge >= 0.3 is 0 Å². The Balaban J connectivity index is 0.000000151. The maximum Gasteiger partial charge on any atom is 0.0458 e. The summed E-state index contributed by atoms with van der Waals surface area (Å²) in [5.74, 6) is 1.15. The molecule has 4 rings (SSSR count). The number of aryl methyl sites for hydroxylation is 2. The molecule has 4 aromatic rings. The fourth-order valence-electron chi connectivity index (χ4n) is 3.16. The zero-order valence-corrected chi connectivity index (χ0v) is 16.8. The molecule has 2 heteroatoms. The maximum atomic E-state index is 3.44. The number of aromatic nitrogens is 2. The molecule has 2 N–H and O–H groups in total. The van der Waals surface area contributed by atoms with Crippen molar-refractivity contribution in [3.8, 4) is 0 Å². The van der Waals surface area contributed by atoms with Gasteiger partial charge in [-0.2, -0.15) is 0 Å². The molecule has 0 aliphatic carbocycles. The fraction of sp³-hybridized carbons (Fsp3) is 0.333. The van der Waals surface area contributed by atoms with E-state index in [4.69, 9.17) is 0 Å². The summed E-state index contributed by atoms with van der Waals surface area (Å²) >= 11 is 0.